The number of carbonyl (C=O) groups excluding carboxylic acids is 2. The highest BCUT2D eigenvalue weighted by molar-refractivity contribution is 6.00. The van der Waals surface area contributed by atoms with Crippen molar-refractivity contribution in [3.63, 3.8) is 0 Å². The van der Waals surface area contributed by atoms with E-state index in [1.807, 2.05) is 4.90 Å². The molecule has 2 fully saturated rings. The van der Waals surface area contributed by atoms with E-state index in [0.29, 0.717) is 37.3 Å². The Balaban J connectivity index is 1.51. The van der Waals surface area contributed by atoms with Crippen LogP contribution in [-0.2, 0) is 4.79 Å². The summed E-state index contributed by atoms with van der Waals surface area (Å²) in [5.74, 6) is 0.0576. The minimum atomic E-state index is -0.469. The van der Waals surface area contributed by atoms with E-state index in [-0.39, 0.29) is 17.3 Å². The van der Waals surface area contributed by atoms with E-state index in [9.17, 15) is 14.0 Å². The second kappa shape index (κ2) is 8.83. The van der Waals surface area contributed by atoms with E-state index in [1.54, 1.807) is 12.1 Å². The van der Waals surface area contributed by atoms with Crippen LogP contribution in [-0.4, -0.2) is 55.4 Å². The number of hydrogen-bond donors (Lipinski definition) is 1. The molecule has 2 aliphatic rings. The number of rotatable bonds is 5. The molecule has 1 N–H and O–H groups in total. The van der Waals surface area contributed by atoms with Gasteiger partial charge in [0.15, 0.2) is 5.78 Å². The van der Waals surface area contributed by atoms with Crippen molar-refractivity contribution in [1.29, 1.82) is 0 Å². The van der Waals surface area contributed by atoms with Gasteiger partial charge in [-0.1, -0.05) is 25.8 Å². The van der Waals surface area contributed by atoms with Crippen LogP contribution in [0, 0.1) is 11.7 Å². The number of anilines is 1. The quantitative estimate of drug-likeness (QED) is 0.804. The maximum atomic E-state index is 14.0. The first kappa shape index (κ1) is 19.8. The molecule has 0 aromatic heterocycles. The number of carbonyl (C=O) groups is 2. The molecule has 5 nitrogen and oxygen atoms in total. The fourth-order valence-corrected chi connectivity index (χ4v) is 4.31. The van der Waals surface area contributed by atoms with E-state index in [2.05, 4.69) is 17.1 Å². The summed E-state index contributed by atoms with van der Waals surface area (Å²) < 4.78 is 14.0. The molecule has 1 aliphatic carbocycles. The van der Waals surface area contributed by atoms with Gasteiger partial charge in [-0.05, 0) is 37.8 Å². The van der Waals surface area contributed by atoms with Crippen molar-refractivity contribution in [2.75, 3.05) is 37.6 Å². The predicted octanol–water partition coefficient (Wildman–Crippen LogP) is 2.85. The summed E-state index contributed by atoms with van der Waals surface area (Å²) in [6.45, 7) is 6.86. The molecule has 1 amide bonds. The molecule has 3 rings (SSSR count). The molecule has 0 bridgehead atoms. The third-order valence-electron chi connectivity index (χ3n) is 5.73. The molecule has 148 valence electrons. The number of benzene rings is 1. The van der Waals surface area contributed by atoms with Crippen molar-refractivity contribution < 1.29 is 14.0 Å². The normalized spacial score (nSPS) is 23.9. The Morgan fingerprint density at radius 3 is 2.59 bits per heavy atom. The molecule has 1 saturated carbocycles. The molecule has 1 aliphatic heterocycles. The number of nitrogens with zero attached hydrogens (tertiary/aromatic N) is 2. The van der Waals surface area contributed by atoms with Gasteiger partial charge in [0.2, 0.25) is 5.91 Å². The lowest BCUT2D eigenvalue weighted by molar-refractivity contribution is -0.123. The van der Waals surface area contributed by atoms with Crippen molar-refractivity contribution in [3.8, 4) is 0 Å². The molecule has 1 heterocycles. The van der Waals surface area contributed by atoms with E-state index in [0.717, 1.165) is 25.9 Å². The molecule has 6 heteroatoms. The standard InChI is InChI=1S/C21H30FN3O2/c1-15-5-3-6-17(13-15)23-20(27)14-24-9-11-25(12-10-24)19-8-4-7-18(22)21(19)16(2)26/h4,7-8,15,17H,3,5-6,9-14H2,1-2H3,(H,23,27). The summed E-state index contributed by atoms with van der Waals surface area (Å²) >= 11 is 0. The lowest BCUT2D eigenvalue weighted by Gasteiger charge is -2.37. The Morgan fingerprint density at radius 2 is 1.93 bits per heavy atom. The van der Waals surface area contributed by atoms with Gasteiger partial charge in [-0.15, -0.1) is 0 Å². The van der Waals surface area contributed by atoms with Crippen molar-refractivity contribution in [2.24, 2.45) is 5.92 Å². The number of halogens is 1. The first-order valence-electron chi connectivity index (χ1n) is 10.00. The number of amides is 1. The molecule has 1 aromatic rings. The Kier molecular flexibility index (Phi) is 6.47. The second-order valence-corrected chi connectivity index (χ2v) is 7.99. The number of piperazine rings is 1. The van der Waals surface area contributed by atoms with E-state index in [4.69, 9.17) is 0 Å². The van der Waals surface area contributed by atoms with Gasteiger partial charge in [0.05, 0.1) is 17.8 Å². The van der Waals surface area contributed by atoms with Gasteiger partial charge in [-0.25, -0.2) is 4.39 Å². The first-order valence-corrected chi connectivity index (χ1v) is 10.00. The average molecular weight is 375 g/mol. The molecular formula is C21H30FN3O2. The minimum Gasteiger partial charge on any atom is -0.368 e. The molecule has 1 saturated heterocycles. The summed E-state index contributed by atoms with van der Waals surface area (Å²) in [6, 6.07) is 5.08. The maximum absolute atomic E-state index is 14.0. The Labute approximate surface area is 160 Å². The largest absolute Gasteiger partial charge is 0.368 e. The van der Waals surface area contributed by atoms with Gasteiger partial charge in [0.25, 0.3) is 0 Å². The van der Waals surface area contributed by atoms with E-state index in [1.165, 1.54) is 25.8 Å². The fraction of sp³-hybridized carbons (Fsp3) is 0.619. The zero-order valence-electron chi connectivity index (χ0n) is 16.3. The maximum Gasteiger partial charge on any atom is 0.234 e. The Hall–Kier alpha value is -1.95. The molecule has 1 aromatic carbocycles. The summed E-state index contributed by atoms with van der Waals surface area (Å²) in [7, 11) is 0. The van der Waals surface area contributed by atoms with Crippen molar-refractivity contribution in [2.45, 2.75) is 45.6 Å². The monoisotopic (exact) mass is 375 g/mol. The smallest absolute Gasteiger partial charge is 0.234 e. The predicted molar refractivity (Wildman–Crippen MR) is 105 cm³/mol. The number of hydrogen-bond acceptors (Lipinski definition) is 4. The first-order chi connectivity index (χ1) is 12.9. The van der Waals surface area contributed by atoms with Gasteiger partial charge in [0.1, 0.15) is 5.82 Å². The van der Waals surface area contributed by atoms with E-state index < -0.39 is 5.82 Å². The van der Waals surface area contributed by atoms with Crippen molar-refractivity contribution in [3.05, 3.63) is 29.6 Å². The van der Waals surface area contributed by atoms with Gasteiger partial charge >= 0.3 is 0 Å². The highest BCUT2D eigenvalue weighted by atomic mass is 19.1. The lowest BCUT2D eigenvalue weighted by Crippen LogP contribution is -2.51. The van der Waals surface area contributed by atoms with Gasteiger partial charge in [0, 0.05) is 32.2 Å². The van der Waals surface area contributed by atoms with Crippen LogP contribution >= 0.6 is 0 Å². The second-order valence-electron chi connectivity index (χ2n) is 7.99. The fourth-order valence-electron chi connectivity index (χ4n) is 4.31. The van der Waals surface area contributed by atoms with Crippen LogP contribution in [0.5, 0.6) is 0 Å². The summed E-state index contributed by atoms with van der Waals surface area (Å²) in [6.07, 6.45) is 4.61. The van der Waals surface area contributed by atoms with Crippen LogP contribution in [0.3, 0.4) is 0 Å². The zero-order chi connectivity index (χ0) is 19.4. The van der Waals surface area contributed by atoms with Crippen LogP contribution in [0.25, 0.3) is 0 Å². The van der Waals surface area contributed by atoms with E-state index >= 15 is 0 Å². The summed E-state index contributed by atoms with van der Waals surface area (Å²) in [4.78, 5) is 28.4. The molecular weight excluding hydrogens is 345 g/mol. The van der Waals surface area contributed by atoms with Crippen LogP contribution in [0.1, 0.15) is 49.9 Å². The Bertz CT molecular complexity index is 686. The van der Waals surface area contributed by atoms with Gasteiger partial charge in [-0.3, -0.25) is 14.5 Å². The lowest BCUT2D eigenvalue weighted by atomic mass is 9.87. The van der Waals surface area contributed by atoms with Gasteiger partial charge < -0.3 is 10.2 Å². The zero-order valence-corrected chi connectivity index (χ0v) is 16.3. The molecule has 0 radical (unpaired) electrons. The van der Waals surface area contributed by atoms with Crippen LogP contribution < -0.4 is 10.2 Å². The molecule has 27 heavy (non-hydrogen) atoms. The molecule has 0 spiro atoms. The molecule has 2 unspecified atom stereocenters. The number of Topliss-reactive ketones (excluding diaryl/α,β-unsaturated/α-hetero) is 1. The molecule has 2 atom stereocenters. The number of ketones is 1. The van der Waals surface area contributed by atoms with Crippen LogP contribution in [0.15, 0.2) is 18.2 Å². The van der Waals surface area contributed by atoms with Crippen LogP contribution in [0.4, 0.5) is 10.1 Å². The third kappa shape index (κ3) is 5.06. The average Bonchev–Trinajstić information content (AvgIpc) is 2.61. The Morgan fingerprint density at radius 1 is 1.19 bits per heavy atom. The van der Waals surface area contributed by atoms with Crippen LogP contribution in [0.2, 0.25) is 0 Å². The minimum absolute atomic E-state index is 0.0951. The third-order valence-corrected chi connectivity index (χ3v) is 5.73. The highest BCUT2D eigenvalue weighted by Crippen LogP contribution is 2.25. The van der Waals surface area contributed by atoms with Gasteiger partial charge in [-0.2, -0.15) is 0 Å². The highest BCUT2D eigenvalue weighted by Gasteiger charge is 2.25. The van der Waals surface area contributed by atoms with Crippen molar-refractivity contribution in [1.82, 2.24) is 10.2 Å². The van der Waals surface area contributed by atoms with Crippen molar-refractivity contribution >= 4 is 17.4 Å². The number of nitrogens with one attached hydrogen (secondary N) is 1. The summed E-state index contributed by atoms with van der Waals surface area (Å²) in [5, 5.41) is 3.18. The topological polar surface area (TPSA) is 52.7 Å². The SMILES string of the molecule is CC(=O)c1c(F)cccc1N1CCN(CC(=O)NC2CCCC(C)C2)CC1. The summed E-state index contributed by atoms with van der Waals surface area (Å²) in [5.41, 5.74) is 0.818.